The van der Waals surface area contributed by atoms with Crippen LogP contribution in [0.25, 0.3) is 0 Å². The van der Waals surface area contributed by atoms with E-state index in [9.17, 15) is 14.7 Å². The number of hydrogen-bond acceptors (Lipinski definition) is 9. The molecule has 0 spiro atoms. The molecule has 1 aromatic carbocycles. The molecular formula is C27H26N6O4S2. The number of H-pyrrole nitrogens is 1. The molecule has 200 valence electrons. The Bertz CT molecular complexity index is 1590. The molecular weight excluding hydrogens is 536 g/mol. The smallest absolute Gasteiger partial charge is 0.291 e. The topological polar surface area (TPSA) is 137 Å². The van der Waals surface area contributed by atoms with Gasteiger partial charge in [-0.2, -0.15) is 0 Å². The molecule has 0 bridgehead atoms. The van der Waals surface area contributed by atoms with Gasteiger partial charge in [-0.15, -0.1) is 28.2 Å². The predicted molar refractivity (Wildman–Crippen MR) is 148 cm³/mol. The molecule has 1 aliphatic rings. The number of aromatic nitrogens is 4. The van der Waals surface area contributed by atoms with Crippen LogP contribution in [0.15, 0.2) is 45.8 Å². The normalized spacial score (nSPS) is 16.6. The summed E-state index contributed by atoms with van der Waals surface area (Å²) in [5.41, 5.74) is 0.796. The lowest BCUT2D eigenvalue weighted by molar-refractivity contribution is -0.119. The minimum absolute atomic E-state index is 0.0106. The van der Waals surface area contributed by atoms with Gasteiger partial charge in [0.15, 0.2) is 5.60 Å². The van der Waals surface area contributed by atoms with Gasteiger partial charge in [0.2, 0.25) is 5.82 Å². The number of aromatic amines is 1. The van der Waals surface area contributed by atoms with E-state index in [4.69, 9.17) is 4.52 Å². The number of aliphatic hydroxyl groups is 1. The molecule has 4 aromatic rings. The van der Waals surface area contributed by atoms with Crippen LogP contribution in [0, 0.1) is 25.7 Å². The molecule has 12 heteroatoms. The third kappa shape index (κ3) is 5.61. The Kier molecular flexibility index (Phi) is 7.31. The molecule has 0 saturated heterocycles. The highest BCUT2D eigenvalue weighted by atomic mass is 32.2. The summed E-state index contributed by atoms with van der Waals surface area (Å²) in [6, 6.07) is 10.6. The Morgan fingerprint density at radius 3 is 2.82 bits per heavy atom. The van der Waals surface area contributed by atoms with Crippen LogP contribution >= 0.6 is 23.1 Å². The van der Waals surface area contributed by atoms with Crippen molar-refractivity contribution in [2.24, 2.45) is 0 Å². The Balaban J connectivity index is 1.29. The van der Waals surface area contributed by atoms with Crippen LogP contribution < -0.4 is 10.2 Å². The molecule has 0 radical (unpaired) electrons. The van der Waals surface area contributed by atoms with Crippen molar-refractivity contribution in [1.29, 1.82) is 0 Å². The van der Waals surface area contributed by atoms with E-state index < -0.39 is 17.6 Å². The lowest BCUT2D eigenvalue weighted by Gasteiger charge is -2.19. The lowest BCUT2D eigenvalue weighted by atomic mass is 10.0. The number of nitrogens with zero attached hydrogens (tertiary/aromatic N) is 4. The first kappa shape index (κ1) is 26.7. The van der Waals surface area contributed by atoms with Crippen LogP contribution in [0.4, 0.5) is 5.00 Å². The van der Waals surface area contributed by atoms with Crippen molar-refractivity contribution in [3.8, 4) is 11.8 Å². The number of rotatable bonds is 5. The van der Waals surface area contributed by atoms with E-state index >= 15 is 0 Å². The second kappa shape index (κ2) is 10.7. The molecule has 4 heterocycles. The zero-order chi connectivity index (χ0) is 27.7. The van der Waals surface area contributed by atoms with Crippen molar-refractivity contribution in [2.45, 2.75) is 43.7 Å². The average molecular weight is 563 g/mol. The third-order valence-corrected chi connectivity index (χ3v) is 8.90. The standard InChI is InChI=1S/C27H26N6O4S2/c1-15-12-20(32-37-15)27(3,36)11-10-19-16(2)22-26(39-19)33(4)25(35)18(14-38-22)28-24(34)23-29-21(30-31-23)13-17-8-6-5-7-9-17/h5-9,12,18,36H,13-14H2,1-4H3,(H,28,34)(H,29,30,31)/t18-,27?/m0/s1. The Morgan fingerprint density at radius 1 is 1.33 bits per heavy atom. The van der Waals surface area contributed by atoms with Gasteiger partial charge >= 0.3 is 0 Å². The molecule has 1 aliphatic heterocycles. The molecule has 1 unspecified atom stereocenters. The molecule has 5 rings (SSSR count). The summed E-state index contributed by atoms with van der Waals surface area (Å²) < 4.78 is 5.06. The Morgan fingerprint density at radius 2 is 2.10 bits per heavy atom. The Hall–Kier alpha value is -3.92. The van der Waals surface area contributed by atoms with Crippen LogP contribution in [0.3, 0.4) is 0 Å². The summed E-state index contributed by atoms with van der Waals surface area (Å²) >= 11 is 2.84. The monoisotopic (exact) mass is 562 g/mol. The van der Waals surface area contributed by atoms with Gasteiger partial charge in [-0.25, -0.2) is 4.98 Å². The van der Waals surface area contributed by atoms with E-state index in [1.54, 1.807) is 31.9 Å². The van der Waals surface area contributed by atoms with Gasteiger partial charge in [0.25, 0.3) is 11.8 Å². The van der Waals surface area contributed by atoms with Gasteiger partial charge < -0.3 is 19.8 Å². The summed E-state index contributed by atoms with van der Waals surface area (Å²) in [7, 11) is 1.68. The average Bonchev–Trinajstić information content (AvgIpc) is 3.63. The largest absolute Gasteiger partial charge is 0.372 e. The summed E-state index contributed by atoms with van der Waals surface area (Å²) in [4.78, 5) is 33.7. The number of likely N-dealkylation sites (N-methyl/N-ethyl adjacent to an activating group) is 1. The number of thiophene rings is 1. The number of nitrogens with one attached hydrogen (secondary N) is 2. The maximum atomic E-state index is 13.3. The first-order valence-electron chi connectivity index (χ1n) is 12.1. The van der Waals surface area contributed by atoms with E-state index in [0.717, 1.165) is 25.9 Å². The van der Waals surface area contributed by atoms with Crippen molar-refractivity contribution in [3.63, 3.8) is 0 Å². The minimum atomic E-state index is -1.49. The fraction of sp³-hybridized carbons (Fsp3) is 0.296. The number of thioether (sulfide) groups is 1. The van der Waals surface area contributed by atoms with Gasteiger partial charge in [0, 0.05) is 30.2 Å². The van der Waals surface area contributed by atoms with Gasteiger partial charge in [0.05, 0.1) is 4.88 Å². The van der Waals surface area contributed by atoms with Gasteiger partial charge in [-0.05, 0) is 31.9 Å². The van der Waals surface area contributed by atoms with E-state index in [-0.39, 0.29) is 11.7 Å². The summed E-state index contributed by atoms with van der Waals surface area (Å²) in [6.45, 7) is 5.23. The van der Waals surface area contributed by atoms with Crippen LogP contribution in [0.1, 0.15) is 50.8 Å². The van der Waals surface area contributed by atoms with Crippen molar-refractivity contribution in [1.82, 2.24) is 25.7 Å². The zero-order valence-corrected chi connectivity index (χ0v) is 23.4. The van der Waals surface area contributed by atoms with E-state index in [1.807, 2.05) is 37.3 Å². The van der Waals surface area contributed by atoms with Crippen molar-refractivity contribution < 1.29 is 19.2 Å². The zero-order valence-electron chi connectivity index (χ0n) is 21.7. The number of amides is 2. The maximum Gasteiger partial charge on any atom is 0.291 e. The quantitative estimate of drug-likeness (QED) is 0.316. The van der Waals surface area contributed by atoms with Gasteiger partial charge in [0.1, 0.15) is 28.3 Å². The summed E-state index contributed by atoms with van der Waals surface area (Å²) in [5.74, 6) is 6.64. The van der Waals surface area contributed by atoms with Crippen LogP contribution in [-0.2, 0) is 16.8 Å². The second-order valence-electron chi connectivity index (χ2n) is 9.34. The molecule has 3 N–H and O–H groups in total. The van der Waals surface area contributed by atoms with Crippen LogP contribution in [-0.4, -0.2) is 56.1 Å². The first-order valence-corrected chi connectivity index (χ1v) is 13.9. The molecule has 39 heavy (non-hydrogen) atoms. The summed E-state index contributed by atoms with van der Waals surface area (Å²) in [5, 5.41) is 25.0. The summed E-state index contributed by atoms with van der Waals surface area (Å²) in [6.07, 6.45) is 0.514. The van der Waals surface area contributed by atoms with Crippen molar-refractivity contribution in [2.75, 3.05) is 17.7 Å². The highest BCUT2D eigenvalue weighted by Crippen LogP contribution is 2.44. The third-order valence-electron chi connectivity index (χ3n) is 6.20. The fourth-order valence-corrected chi connectivity index (χ4v) is 6.52. The van der Waals surface area contributed by atoms with Crippen LogP contribution in [0.2, 0.25) is 0 Å². The van der Waals surface area contributed by atoms with Crippen LogP contribution in [0.5, 0.6) is 0 Å². The lowest BCUT2D eigenvalue weighted by Crippen LogP contribution is -2.48. The molecule has 2 amide bonds. The molecule has 0 aliphatic carbocycles. The number of anilines is 1. The molecule has 2 atom stereocenters. The predicted octanol–water partition coefficient (Wildman–Crippen LogP) is 3.19. The van der Waals surface area contributed by atoms with Crippen molar-refractivity contribution >= 4 is 39.9 Å². The number of hydrogen-bond donors (Lipinski definition) is 3. The first-order chi connectivity index (χ1) is 18.6. The Labute approximate surface area is 233 Å². The number of benzene rings is 1. The number of fused-ring (bicyclic) bond motifs is 1. The highest BCUT2D eigenvalue weighted by molar-refractivity contribution is 7.99. The fourth-order valence-electron chi connectivity index (χ4n) is 3.99. The van der Waals surface area contributed by atoms with E-state index in [2.05, 4.69) is 37.5 Å². The van der Waals surface area contributed by atoms with Crippen molar-refractivity contribution in [3.05, 3.63) is 75.5 Å². The SMILES string of the molecule is Cc1cc(C(C)(O)C#Cc2sc3c(c2C)SC[C@H](NC(=O)c2n[nH]c(Cc4ccccc4)n2)C(=O)N3C)no1. The van der Waals surface area contributed by atoms with E-state index in [1.165, 1.54) is 23.1 Å². The molecule has 0 fully saturated rings. The maximum absolute atomic E-state index is 13.3. The number of aryl methyl sites for hydroxylation is 1. The van der Waals surface area contributed by atoms with Gasteiger partial charge in [-0.3, -0.25) is 14.7 Å². The van der Waals surface area contributed by atoms with Gasteiger partial charge in [-0.1, -0.05) is 47.3 Å². The second-order valence-corrected chi connectivity index (χ2v) is 11.4. The number of carbonyl (C=O) groups is 2. The molecule has 3 aromatic heterocycles. The molecule has 10 nitrogen and oxygen atoms in total. The van der Waals surface area contributed by atoms with E-state index in [0.29, 0.717) is 29.5 Å². The molecule has 0 saturated carbocycles. The highest BCUT2D eigenvalue weighted by Gasteiger charge is 2.33. The number of carbonyl (C=O) groups excluding carboxylic acids is 2. The minimum Gasteiger partial charge on any atom is -0.372 e.